The number of anilines is 2. The summed E-state index contributed by atoms with van der Waals surface area (Å²) >= 11 is 0. The summed E-state index contributed by atoms with van der Waals surface area (Å²) in [6.45, 7) is 2.49. The van der Waals surface area contributed by atoms with Crippen molar-refractivity contribution in [2.75, 3.05) is 11.9 Å². The highest BCUT2D eigenvalue weighted by atomic mass is 19.4. The van der Waals surface area contributed by atoms with Gasteiger partial charge < -0.3 is 15.4 Å². The maximum absolute atomic E-state index is 15.4. The number of benzene rings is 1. The van der Waals surface area contributed by atoms with E-state index in [0.29, 0.717) is 6.20 Å². The minimum atomic E-state index is -4.63. The summed E-state index contributed by atoms with van der Waals surface area (Å²) in [6.07, 6.45) is -2.91. The van der Waals surface area contributed by atoms with Gasteiger partial charge >= 0.3 is 12.1 Å². The van der Waals surface area contributed by atoms with Crippen LogP contribution >= 0.6 is 0 Å². The Balaban J connectivity index is 2.05. The number of halogens is 6. The van der Waals surface area contributed by atoms with Crippen LogP contribution in [0.2, 0.25) is 0 Å². The molecule has 2 N–H and O–H groups in total. The minimum Gasteiger partial charge on any atom is -0.359 e. The standard InChI is InChI=1S/C20H19F6N3O2/c1-17(2)20(25,26)18(3,29-16(30)10-31-17)14-7-12(4-5-15(14)21)28-13-6-11(8-27-9-13)19(22,23)24/h4-9,28H,10H2,1-3H3,(H,29,30)/t18-/m1/s1. The zero-order valence-electron chi connectivity index (χ0n) is 16.7. The third kappa shape index (κ3) is 4.06. The van der Waals surface area contributed by atoms with Gasteiger partial charge in [0.15, 0.2) is 0 Å². The molecule has 0 spiro atoms. The van der Waals surface area contributed by atoms with E-state index in [4.69, 9.17) is 4.74 Å². The highest BCUT2D eigenvalue weighted by Crippen LogP contribution is 2.48. The number of rotatable bonds is 3. The van der Waals surface area contributed by atoms with Crippen LogP contribution in [0.1, 0.15) is 31.9 Å². The summed E-state index contributed by atoms with van der Waals surface area (Å²) in [7, 11) is 0. The molecule has 1 aliphatic heterocycles. The molecule has 1 aliphatic rings. The first kappa shape index (κ1) is 22.9. The van der Waals surface area contributed by atoms with Gasteiger partial charge in [0.05, 0.1) is 17.4 Å². The highest BCUT2D eigenvalue weighted by Gasteiger charge is 2.64. The first-order chi connectivity index (χ1) is 14.2. The highest BCUT2D eigenvalue weighted by molar-refractivity contribution is 5.79. The number of pyridine rings is 1. The average molecular weight is 447 g/mol. The number of nitrogens with one attached hydrogen (secondary N) is 2. The Kier molecular flexibility index (Phi) is 5.45. The van der Waals surface area contributed by atoms with Crippen LogP contribution < -0.4 is 10.6 Å². The fourth-order valence-electron chi connectivity index (χ4n) is 3.38. The lowest BCUT2D eigenvalue weighted by Gasteiger charge is -2.43. The Morgan fingerprint density at radius 3 is 2.42 bits per heavy atom. The Labute approximate surface area is 173 Å². The quantitative estimate of drug-likeness (QED) is 0.667. The maximum atomic E-state index is 15.4. The monoisotopic (exact) mass is 447 g/mol. The van der Waals surface area contributed by atoms with E-state index in [2.05, 4.69) is 15.6 Å². The van der Waals surface area contributed by atoms with E-state index in [9.17, 15) is 22.4 Å². The van der Waals surface area contributed by atoms with E-state index in [1.54, 1.807) is 0 Å². The third-order valence-electron chi connectivity index (χ3n) is 5.20. The summed E-state index contributed by atoms with van der Waals surface area (Å²) in [6, 6.07) is 3.83. The molecule has 2 aromatic rings. The van der Waals surface area contributed by atoms with Crippen molar-refractivity contribution in [1.82, 2.24) is 10.3 Å². The zero-order valence-corrected chi connectivity index (χ0v) is 16.7. The van der Waals surface area contributed by atoms with E-state index in [1.165, 1.54) is 6.07 Å². The number of alkyl halides is 5. The molecular weight excluding hydrogens is 428 g/mol. The topological polar surface area (TPSA) is 63.2 Å². The van der Waals surface area contributed by atoms with Crippen molar-refractivity contribution in [3.05, 3.63) is 53.6 Å². The van der Waals surface area contributed by atoms with Crippen molar-refractivity contribution in [3.8, 4) is 0 Å². The molecule has 31 heavy (non-hydrogen) atoms. The van der Waals surface area contributed by atoms with E-state index in [1.807, 2.05) is 0 Å². The van der Waals surface area contributed by atoms with Crippen LogP contribution in [0.5, 0.6) is 0 Å². The van der Waals surface area contributed by atoms with Crippen molar-refractivity contribution in [3.63, 3.8) is 0 Å². The van der Waals surface area contributed by atoms with Crippen LogP contribution in [0.4, 0.5) is 37.7 Å². The van der Waals surface area contributed by atoms with E-state index < -0.39 is 52.7 Å². The van der Waals surface area contributed by atoms with Gasteiger partial charge in [0, 0.05) is 17.4 Å². The molecular formula is C20H19F6N3O2. The molecule has 5 nitrogen and oxygen atoms in total. The van der Waals surface area contributed by atoms with Gasteiger partial charge in [0.25, 0.3) is 0 Å². The molecule has 0 radical (unpaired) electrons. The molecule has 1 aromatic heterocycles. The number of carbonyl (C=O) groups is 1. The molecule has 0 aliphatic carbocycles. The predicted molar refractivity (Wildman–Crippen MR) is 99.4 cm³/mol. The van der Waals surface area contributed by atoms with Gasteiger partial charge in [-0.3, -0.25) is 9.78 Å². The number of hydrogen-bond acceptors (Lipinski definition) is 4. The molecule has 2 heterocycles. The minimum absolute atomic E-state index is 0.0202. The van der Waals surface area contributed by atoms with Crippen molar-refractivity contribution in [2.45, 2.75) is 44.0 Å². The van der Waals surface area contributed by atoms with Crippen molar-refractivity contribution >= 4 is 17.3 Å². The molecule has 1 atom stereocenters. The Bertz CT molecular complexity index is 1010. The Hall–Kier alpha value is -2.82. The third-order valence-corrected chi connectivity index (χ3v) is 5.20. The molecule has 0 saturated carbocycles. The van der Waals surface area contributed by atoms with Crippen LogP contribution in [-0.2, 0) is 21.2 Å². The molecule has 1 amide bonds. The molecule has 168 valence electrons. The summed E-state index contributed by atoms with van der Waals surface area (Å²) in [4.78, 5) is 15.5. The van der Waals surface area contributed by atoms with Crippen LogP contribution in [0.3, 0.4) is 0 Å². The summed E-state index contributed by atoms with van der Waals surface area (Å²) < 4.78 is 89.2. The first-order valence-electron chi connectivity index (χ1n) is 9.09. The largest absolute Gasteiger partial charge is 0.417 e. The molecule has 11 heteroatoms. The van der Waals surface area contributed by atoms with Crippen LogP contribution in [0.25, 0.3) is 0 Å². The second kappa shape index (κ2) is 7.40. The summed E-state index contributed by atoms with van der Waals surface area (Å²) in [5, 5.41) is 4.73. The first-order valence-corrected chi connectivity index (χ1v) is 9.09. The van der Waals surface area contributed by atoms with Crippen molar-refractivity contribution in [1.29, 1.82) is 0 Å². The zero-order chi connectivity index (χ0) is 23.2. The number of aromatic nitrogens is 1. The van der Waals surface area contributed by atoms with Crippen molar-refractivity contribution in [2.24, 2.45) is 0 Å². The Morgan fingerprint density at radius 2 is 1.77 bits per heavy atom. The van der Waals surface area contributed by atoms with Crippen LogP contribution in [0.15, 0.2) is 36.7 Å². The lowest BCUT2D eigenvalue weighted by atomic mass is 9.77. The summed E-state index contributed by atoms with van der Waals surface area (Å²) in [5.41, 5.74) is -6.27. The summed E-state index contributed by atoms with van der Waals surface area (Å²) in [5.74, 6) is -5.66. The fraction of sp³-hybridized carbons (Fsp3) is 0.400. The number of nitrogens with zero attached hydrogens (tertiary/aromatic N) is 1. The van der Waals surface area contributed by atoms with E-state index >= 15 is 8.78 Å². The Morgan fingerprint density at radius 1 is 1.10 bits per heavy atom. The van der Waals surface area contributed by atoms with Gasteiger partial charge in [-0.2, -0.15) is 13.2 Å². The second-order valence-corrected chi connectivity index (χ2v) is 7.83. The molecule has 0 unspecified atom stereocenters. The van der Waals surface area contributed by atoms with Crippen LogP contribution in [-0.4, -0.2) is 29.0 Å². The molecule has 1 aromatic carbocycles. The lowest BCUT2D eigenvalue weighted by molar-refractivity contribution is -0.216. The fourth-order valence-corrected chi connectivity index (χ4v) is 3.38. The van der Waals surface area contributed by atoms with E-state index in [-0.39, 0.29) is 11.4 Å². The molecule has 1 saturated heterocycles. The van der Waals surface area contributed by atoms with Gasteiger partial charge in [0.2, 0.25) is 5.91 Å². The lowest BCUT2D eigenvalue weighted by Crippen LogP contribution is -2.62. The predicted octanol–water partition coefficient (Wildman–Crippen LogP) is 4.76. The average Bonchev–Trinajstić information content (AvgIpc) is 2.72. The number of ether oxygens (including phenoxy) is 1. The number of hydrogen-bond donors (Lipinski definition) is 2. The molecule has 3 rings (SSSR count). The van der Waals surface area contributed by atoms with Gasteiger partial charge in [-0.25, -0.2) is 13.2 Å². The molecule has 0 bridgehead atoms. The maximum Gasteiger partial charge on any atom is 0.417 e. The van der Waals surface area contributed by atoms with Gasteiger partial charge in [0.1, 0.15) is 23.6 Å². The number of amides is 1. The smallest absolute Gasteiger partial charge is 0.359 e. The van der Waals surface area contributed by atoms with Gasteiger partial charge in [-0.15, -0.1) is 0 Å². The molecule has 1 fully saturated rings. The second-order valence-electron chi connectivity index (χ2n) is 7.83. The number of carbonyl (C=O) groups excluding carboxylic acids is 1. The van der Waals surface area contributed by atoms with Gasteiger partial charge in [-0.1, -0.05) is 0 Å². The van der Waals surface area contributed by atoms with Crippen LogP contribution in [0, 0.1) is 5.82 Å². The normalized spacial score (nSPS) is 23.1. The van der Waals surface area contributed by atoms with Crippen molar-refractivity contribution < 1.29 is 35.9 Å². The van der Waals surface area contributed by atoms with Gasteiger partial charge in [-0.05, 0) is 45.0 Å². The van der Waals surface area contributed by atoms with E-state index in [0.717, 1.165) is 45.2 Å². The SMILES string of the molecule is CC1(C)OCC(=O)N[C@](C)(c2cc(Nc3cncc(C(F)(F)F)c3)ccc2F)C1(F)F.